The van der Waals surface area contributed by atoms with Gasteiger partial charge in [-0.1, -0.05) is 6.07 Å². The summed E-state index contributed by atoms with van der Waals surface area (Å²) < 4.78 is 0. The number of likely N-dealkylation sites (tertiary alicyclic amines) is 1. The number of anilines is 2. The molecule has 6 nitrogen and oxygen atoms in total. The van der Waals surface area contributed by atoms with Crippen molar-refractivity contribution >= 4 is 42.2 Å². The van der Waals surface area contributed by atoms with Crippen LogP contribution in [0, 0.1) is 11.8 Å². The number of benzene rings is 1. The lowest BCUT2D eigenvalue weighted by Crippen LogP contribution is -2.32. The van der Waals surface area contributed by atoms with Crippen LogP contribution >= 0.6 is 24.8 Å². The molecule has 3 heterocycles. The summed E-state index contributed by atoms with van der Waals surface area (Å²) in [6, 6.07) is 7.62. The Morgan fingerprint density at radius 3 is 2.52 bits per heavy atom. The van der Waals surface area contributed by atoms with Gasteiger partial charge in [0, 0.05) is 36.7 Å². The Kier molecular flexibility index (Phi) is 7.83. The number of fused-ring (bicyclic) bond motifs is 1. The number of hydrogen-bond donors (Lipinski definition) is 2. The van der Waals surface area contributed by atoms with Crippen LogP contribution in [0.3, 0.4) is 0 Å². The van der Waals surface area contributed by atoms with Crippen LogP contribution in [0.4, 0.5) is 11.5 Å². The van der Waals surface area contributed by atoms with Crippen molar-refractivity contribution in [2.75, 3.05) is 31.5 Å². The van der Waals surface area contributed by atoms with Gasteiger partial charge in [0.15, 0.2) is 0 Å². The van der Waals surface area contributed by atoms with E-state index in [0.29, 0.717) is 5.82 Å². The first-order chi connectivity index (χ1) is 12.3. The van der Waals surface area contributed by atoms with E-state index in [-0.39, 0.29) is 30.7 Å². The maximum absolute atomic E-state index is 12.9. The number of halogens is 2. The lowest BCUT2D eigenvalue weighted by Gasteiger charge is -2.21. The molecule has 0 radical (unpaired) electrons. The van der Waals surface area contributed by atoms with Crippen molar-refractivity contribution in [3.05, 3.63) is 48.4 Å². The zero-order chi connectivity index (χ0) is 17.1. The fourth-order valence-electron chi connectivity index (χ4n) is 3.85. The second-order valence-electron chi connectivity index (χ2n) is 6.84. The number of amides is 1. The van der Waals surface area contributed by atoms with Crippen molar-refractivity contribution in [2.24, 2.45) is 11.8 Å². The minimum Gasteiger partial charge on any atom is -0.339 e. The summed E-state index contributed by atoms with van der Waals surface area (Å²) in [5.41, 5.74) is 1.57. The highest BCUT2D eigenvalue weighted by Gasteiger charge is 2.31. The molecular formula is C19H25Cl2N5O. The van der Waals surface area contributed by atoms with Crippen molar-refractivity contribution in [2.45, 2.75) is 12.8 Å². The summed E-state index contributed by atoms with van der Waals surface area (Å²) in [4.78, 5) is 23.2. The predicted molar refractivity (Wildman–Crippen MR) is 111 cm³/mol. The molecule has 1 aromatic heterocycles. The third-order valence-electron chi connectivity index (χ3n) is 5.25. The van der Waals surface area contributed by atoms with Crippen LogP contribution in [0.15, 0.2) is 42.9 Å². The molecular weight excluding hydrogens is 385 g/mol. The fraction of sp³-hybridized carbons (Fsp3) is 0.421. The standard InChI is InChI=1S/C19H23N5O.2ClH/c25-19(24-8-4-15-11-21-12-16(15)5-9-24)14-2-1-3-17(10-14)23-18-13-20-6-7-22-18;;/h1-3,6-7,10,13,15-16,21H,4-5,8-9,11-12H2,(H,22,23);2*1H/t15-,16+;;. The fourth-order valence-corrected chi connectivity index (χ4v) is 3.85. The van der Waals surface area contributed by atoms with Gasteiger partial charge >= 0.3 is 0 Å². The molecule has 0 saturated carbocycles. The van der Waals surface area contributed by atoms with Gasteiger partial charge in [-0.3, -0.25) is 9.78 Å². The maximum atomic E-state index is 12.9. The number of carbonyl (C=O) groups is 1. The first-order valence-corrected chi connectivity index (χ1v) is 8.93. The summed E-state index contributed by atoms with van der Waals surface area (Å²) in [6.07, 6.45) is 7.13. The van der Waals surface area contributed by atoms with Gasteiger partial charge in [-0.15, -0.1) is 24.8 Å². The molecule has 2 N–H and O–H groups in total. The van der Waals surface area contributed by atoms with E-state index in [0.717, 1.165) is 62.1 Å². The molecule has 2 aliphatic heterocycles. The van der Waals surface area contributed by atoms with Gasteiger partial charge in [0.05, 0.1) is 6.20 Å². The SMILES string of the molecule is Cl.Cl.O=C(c1cccc(Nc2cnccn2)c1)N1CC[C@@H]2CNC[C@@H]2CC1. The molecule has 0 spiro atoms. The van der Waals surface area contributed by atoms with Crippen molar-refractivity contribution < 1.29 is 4.79 Å². The summed E-state index contributed by atoms with van der Waals surface area (Å²) in [5.74, 6) is 2.24. The van der Waals surface area contributed by atoms with Crippen molar-refractivity contribution in [1.29, 1.82) is 0 Å². The molecule has 2 saturated heterocycles. The van der Waals surface area contributed by atoms with Gasteiger partial charge in [-0.2, -0.15) is 0 Å². The molecule has 0 bridgehead atoms. The summed E-state index contributed by atoms with van der Waals surface area (Å²) in [7, 11) is 0. The van der Waals surface area contributed by atoms with Crippen LogP contribution in [-0.4, -0.2) is 47.0 Å². The van der Waals surface area contributed by atoms with Crippen LogP contribution in [0.1, 0.15) is 23.2 Å². The molecule has 146 valence electrons. The van der Waals surface area contributed by atoms with Crippen molar-refractivity contribution in [3.8, 4) is 0 Å². The smallest absolute Gasteiger partial charge is 0.253 e. The van der Waals surface area contributed by atoms with E-state index < -0.39 is 0 Å². The van der Waals surface area contributed by atoms with E-state index in [9.17, 15) is 4.79 Å². The Morgan fingerprint density at radius 2 is 1.85 bits per heavy atom. The van der Waals surface area contributed by atoms with E-state index in [1.54, 1.807) is 18.6 Å². The van der Waals surface area contributed by atoms with Crippen molar-refractivity contribution in [3.63, 3.8) is 0 Å². The van der Waals surface area contributed by atoms with Crippen LogP contribution in [0.5, 0.6) is 0 Å². The lowest BCUT2D eigenvalue weighted by molar-refractivity contribution is 0.0758. The Balaban J connectivity index is 0.00000131. The molecule has 0 unspecified atom stereocenters. The normalized spacial score (nSPS) is 21.3. The summed E-state index contributed by atoms with van der Waals surface area (Å²) in [6.45, 7) is 3.90. The molecule has 2 atom stereocenters. The lowest BCUT2D eigenvalue weighted by atomic mass is 9.92. The molecule has 2 fully saturated rings. The number of hydrogen-bond acceptors (Lipinski definition) is 5. The van der Waals surface area contributed by atoms with Crippen LogP contribution < -0.4 is 10.6 Å². The summed E-state index contributed by atoms with van der Waals surface area (Å²) >= 11 is 0. The number of nitrogens with zero attached hydrogens (tertiary/aromatic N) is 3. The number of carbonyl (C=O) groups excluding carboxylic acids is 1. The summed E-state index contributed by atoms with van der Waals surface area (Å²) in [5, 5.41) is 6.67. The van der Waals surface area contributed by atoms with Crippen molar-refractivity contribution in [1.82, 2.24) is 20.2 Å². The van der Waals surface area contributed by atoms with E-state index >= 15 is 0 Å². The quantitative estimate of drug-likeness (QED) is 0.814. The van der Waals surface area contributed by atoms with Crippen LogP contribution in [0.25, 0.3) is 0 Å². The largest absolute Gasteiger partial charge is 0.339 e. The molecule has 4 rings (SSSR count). The van der Waals surface area contributed by atoms with E-state index in [4.69, 9.17) is 0 Å². The predicted octanol–water partition coefficient (Wildman–Crippen LogP) is 3.14. The van der Waals surface area contributed by atoms with E-state index in [1.165, 1.54) is 0 Å². The van der Waals surface area contributed by atoms with Gasteiger partial charge in [0.2, 0.25) is 0 Å². The number of rotatable bonds is 3. The number of nitrogens with one attached hydrogen (secondary N) is 2. The Bertz CT molecular complexity index is 732. The van der Waals surface area contributed by atoms with Gasteiger partial charge in [0.25, 0.3) is 5.91 Å². The highest BCUT2D eigenvalue weighted by molar-refractivity contribution is 5.95. The second kappa shape index (κ2) is 9.88. The molecule has 8 heteroatoms. The minimum atomic E-state index is 0. The third-order valence-corrected chi connectivity index (χ3v) is 5.25. The van der Waals surface area contributed by atoms with Crippen LogP contribution in [-0.2, 0) is 0 Å². The Morgan fingerprint density at radius 1 is 1.11 bits per heavy atom. The third kappa shape index (κ3) is 5.09. The Labute approximate surface area is 172 Å². The highest BCUT2D eigenvalue weighted by atomic mass is 35.5. The highest BCUT2D eigenvalue weighted by Crippen LogP contribution is 2.28. The first-order valence-electron chi connectivity index (χ1n) is 8.93. The van der Waals surface area contributed by atoms with Gasteiger partial charge in [-0.25, -0.2) is 4.98 Å². The number of aromatic nitrogens is 2. The average Bonchev–Trinajstić information content (AvgIpc) is 3.01. The molecule has 1 amide bonds. The second-order valence-corrected chi connectivity index (χ2v) is 6.84. The maximum Gasteiger partial charge on any atom is 0.253 e. The first kappa shape index (κ1) is 21.4. The Hall–Kier alpha value is -1.89. The molecule has 2 aliphatic rings. The van der Waals surface area contributed by atoms with Gasteiger partial charge in [-0.05, 0) is 56.0 Å². The zero-order valence-corrected chi connectivity index (χ0v) is 16.6. The molecule has 1 aromatic carbocycles. The molecule has 0 aliphatic carbocycles. The van der Waals surface area contributed by atoms with E-state index in [2.05, 4.69) is 20.6 Å². The molecule has 2 aromatic rings. The monoisotopic (exact) mass is 409 g/mol. The van der Waals surface area contributed by atoms with Crippen LogP contribution in [0.2, 0.25) is 0 Å². The van der Waals surface area contributed by atoms with Gasteiger partial charge < -0.3 is 15.5 Å². The molecule has 27 heavy (non-hydrogen) atoms. The van der Waals surface area contributed by atoms with Gasteiger partial charge in [0.1, 0.15) is 5.82 Å². The minimum absolute atomic E-state index is 0. The zero-order valence-electron chi connectivity index (χ0n) is 15.0. The topological polar surface area (TPSA) is 70.2 Å². The van der Waals surface area contributed by atoms with E-state index in [1.807, 2.05) is 29.2 Å². The average molecular weight is 410 g/mol.